The number of benzene rings is 5. The van der Waals surface area contributed by atoms with Crippen LogP contribution in [0.5, 0.6) is 0 Å². The van der Waals surface area contributed by atoms with Gasteiger partial charge in [0.05, 0.1) is 0 Å². The van der Waals surface area contributed by atoms with Gasteiger partial charge < -0.3 is 10.2 Å². The maximum Gasteiger partial charge on any atom is 0.143 e. The minimum absolute atomic E-state index is 0.195. The molecule has 1 atom stereocenters. The van der Waals surface area contributed by atoms with Crippen molar-refractivity contribution >= 4 is 49.1 Å². The van der Waals surface area contributed by atoms with E-state index >= 15 is 0 Å². The maximum absolute atomic E-state index is 6.31. The van der Waals surface area contributed by atoms with Gasteiger partial charge in [-0.05, 0) is 62.5 Å². The second-order valence-corrected chi connectivity index (χ2v) is 9.55. The third kappa shape index (κ3) is 4.06. The summed E-state index contributed by atoms with van der Waals surface area (Å²) in [6.07, 6.45) is 8.43. The van der Waals surface area contributed by atoms with Crippen molar-refractivity contribution in [2.24, 2.45) is 5.73 Å². The van der Waals surface area contributed by atoms with Gasteiger partial charge in [0.1, 0.15) is 11.2 Å². The van der Waals surface area contributed by atoms with Crippen LogP contribution in [0.3, 0.4) is 0 Å². The third-order valence-electron chi connectivity index (χ3n) is 7.28. The SMILES string of the molecule is C=C/C=C(\C=C/C(C)c1cc2ccccc2cc1CN)c1cc2c3ccccc3oc2c2ccccc12. The molecule has 0 fully saturated rings. The lowest BCUT2D eigenvalue weighted by atomic mass is 9.90. The van der Waals surface area contributed by atoms with Gasteiger partial charge in [-0.3, -0.25) is 0 Å². The highest BCUT2D eigenvalue weighted by molar-refractivity contribution is 6.18. The zero-order valence-electron chi connectivity index (χ0n) is 20.9. The predicted octanol–water partition coefficient (Wildman–Crippen LogP) is 9.28. The molecule has 0 saturated carbocycles. The zero-order chi connectivity index (χ0) is 25.4. The van der Waals surface area contributed by atoms with Crippen molar-refractivity contribution < 1.29 is 4.42 Å². The van der Waals surface area contributed by atoms with Gasteiger partial charge >= 0.3 is 0 Å². The van der Waals surface area contributed by atoms with Crippen LogP contribution in [0, 0.1) is 0 Å². The van der Waals surface area contributed by atoms with Gasteiger partial charge in [0, 0.05) is 22.7 Å². The predicted molar refractivity (Wildman–Crippen MR) is 159 cm³/mol. The molecule has 1 aromatic heterocycles. The van der Waals surface area contributed by atoms with E-state index in [0.29, 0.717) is 6.54 Å². The largest absolute Gasteiger partial charge is 0.455 e. The van der Waals surface area contributed by atoms with Crippen LogP contribution in [0.15, 0.2) is 126 Å². The summed E-state index contributed by atoms with van der Waals surface area (Å²) in [5.41, 5.74) is 12.7. The number of nitrogens with two attached hydrogens (primary N) is 1. The van der Waals surface area contributed by atoms with Crippen LogP contribution in [-0.4, -0.2) is 0 Å². The van der Waals surface area contributed by atoms with Gasteiger partial charge in [0.25, 0.3) is 0 Å². The van der Waals surface area contributed by atoms with Crippen molar-refractivity contribution in [2.75, 3.05) is 0 Å². The average Bonchev–Trinajstić information content (AvgIpc) is 3.33. The molecular formula is C35H29NO. The molecule has 2 nitrogen and oxygen atoms in total. The van der Waals surface area contributed by atoms with Crippen molar-refractivity contribution in [1.29, 1.82) is 0 Å². The van der Waals surface area contributed by atoms with Crippen LogP contribution < -0.4 is 5.73 Å². The average molecular weight is 480 g/mol. The van der Waals surface area contributed by atoms with E-state index in [9.17, 15) is 0 Å². The van der Waals surface area contributed by atoms with Crippen LogP contribution >= 0.6 is 0 Å². The first kappa shape index (κ1) is 23.0. The fourth-order valence-corrected chi connectivity index (χ4v) is 5.41. The van der Waals surface area contributed by atoms with E-state index in [-0.39, 0.29) is 5.92 Å². The number of fused-ring (bicyclic) bond motifs is 6. The summed E-state index contributed by atoms with van der Waals surface area (Å²) in [5, 5.41) is 6.99. The molecule has 0 aliphatic rings. The Morgan fingerprint density at radius 2 is 1.51 bits per heavy atom. The van der Waals surface area contributed by atoms with E-state index in [0.717, 1.165) is 43.8 Å². The molecule has 0 amide bonds. The first-order valence-corrected chi connectivity index (χ1v) is 12.7. The molecule has 2 N–H and O–H groups in total. The van der Waals surface area contributed by atoms with Crippen molar-refractivity contribution in [3.63, 3.8) is 0 Å². The topological polar surface area (TPSA) is 39.2 Å². The van der Waals surface area contributed by atoms with E-state index in [1.165, 1.54) is 21.9 Å². The minimum Gasteiger partial charge on any atom is -0.455 e. The Hall–Kier alpha value is -4.40. The van der Waals surface area contributed by atoms with E-state index in [1.807, 2.05) is 18.2 Å². The number of rotatable bonds is 6. The molecule has 0 aliphatic heterocycles. The van der Waals surface area contributed by atoms with Gasteiger partial charge in [-0.1, -0.05) is 111 Å². The lowest BCUT2D eigenvalue weighted by molar-refractivity contribution is 0.672. The van der Waals surface area contributed by atoms with Gasteiger partial charge in [0.15, 0.2) is 0 Å². The first-order valence-electron chi connectivity index (χ1n) is 12.7. The zero-order valence-corrected chi connectivity index (χ0v) is 20.9. The summed E-state index contributed by atoms with van der Waals surface area (Å²) in [6, 6.07) is 31.9. The Balaban J connectivity index is 1.49. The van der Waals surface area contributed by atoms with Crippen LogP contribution in [0.1, 0.15) is 29.5 Å². The fourth-order valence-electron chi connectivity index (χ4n) is 5.41. The number of hydrogen-bond acceptors (Lipinski definition) is 2. The second kappa shape index (κ2) is 9.57. The molecule has 5 aromatic carbocycles. The van der Waals surface area contributed by atoms with E-state index in [4.69, 9.17) is 10.2 Å². The lowest BCUT2D eigenvalue weighted by Gasteiger charge is -2.15. The van der Waals surface area contributed by atoms with Gasteiger partial charge in [-0.25, -0.2) is 0 Å². The van der Waals surface area contributed by atoms with Gasteiger partial charge in [-0.15, -0.1) is 0 Å². The van der Waals surface area contributed by atoms with Gasteiger partial charge in [0.2, 0.25) is 0 Å². The molecule has 6 rings (SSSR count). The lowest BCUT2D eigenvalue weighted by Crippen LogP contribution is -2.03. The molecule has 6 aromatic rings. The number of hydrogen-bond donors (Lipinski definition) is 1. The summed E-state index contributed by atoms with van der Waals surface area (Å²) >= 11 is 0. The Kier molecular flexibility index (Phi) is 5.96. The van der Waals surface area contributed by atoms with Crippen molar-refractivity contribution in [1.82, 2.24) is 0 Å². The minimum atomic E-state index is 0.195. The molecule has 180 valence electrons. The van der Waals surface area contributed by atoms with Crippen LogP contribution in [0.25, 0.3) is 49.1 Å². The van der Waals surface area contributed by atoms with Crippen molar-refractivity contribution in [3.05, 3.63) is 139 Å². The van der Waals surface area contributed by atoms with Crippen molar-refractivity contribution in [2.45, 2.75) is 19.4 Å². The Morgan fingerprint density at radius 1 is 0.838 bits per heavy atom. The summed E-state index contributed by atoms with van der Waals surface area (Å²) in [6.45, 7) is 6.76. The highest BCUT2D eigenvalue weighted by Gasteiger charge is 2.15. The molecule has 0 spiro atoms. The van der Waals surface area contributed by atoms with Crippen LogP contribution in [0.4, 0.5) is 0 Å². The van der Waals surface area contributed by atoms with E-state index in [1.54, 1.807) is 0 Å². The van der Waals surface area contributed by atoms with Gasteiger partial charge in [-0.2, -0.15) is 0 Å². The molecule has 0 saturated heterocycles. The highest BCUT2D eigenvalue weighted by atomic mass is 16.3. The first-order chi connectivity index (χ1) is 18.2. The summed E-state index contributed by atoms with van der Waals surface area (Å²) in [4.78, 5) is 0. The third-order valence-corrected chi connectivity index (χ3v) is 7.28. The monoisotopic (exact) mass is 479 g/mol. The summed E-state index contributed by atoms with van der Waals surface area (Å²) in [7, 11) is 0. The number of para-hydroxylation sites is 1. The quantitative estimate of drug-likeness (QED) is 0.242. The summed E-state index contributed by atoms with van der Waals surface area (Å²) in [5.74, 6) is 0.195. The van der Waals surface area contributed by atoms with E-state index in [2.05, 4.69) is 111 Å². The Labute approximate surface area is 217 Å². The molecule has 1 unspecified atom stereocenters. The standard InChI is InChI=1S/C35H29NO/c1-3-10-24(18-17-23(2)31-20-26-12-5-4-11-25(26)19-27(31)22-36)32-21-33-29-14-8-9-16-34(29)37-35(33)30-15-7-6-13-28(30)32/h3-21,23H,1,22,36H2,2H3/b18-17-,24-10+. The normalized spacial score (nSPS) is 13.3. The Morgan fingerprint density at radius 3 is 2.27 bits per heavy atom. The smallest absolute Gasteiger partial charge is 0.143 e. The molecule has 0 aliphatic carbocycles. The van der Waals surface area contributed by atoms with Crippen LogP contribution in [0.2, 0.25) is 0 Å². The molecule has 0 bridgehead atoms. The van der Waals surface area contributed by atoms with E-state index < -0.39 is 0 Å². The van der Waals surface area contributed by atoms with Crippen LogP contribution in [-0.2, 0) is 6.54 Å². The number of allylic oxidation sites excluding steroid dienone is 5. The second-order valence-electron chi connectivity index (χ2n) is 9.55. The number of furan rings is 1. The fraction of sp³-hybridized carbons (Fsp3) is 0.0857. The molecule has 1 heterocycles. The Bertz CT molecular complexity index is 1850. The molecular weight excluding hydrogens is 450 g/mol. The highest BCUT2D eigenvalue weighted by Crippen LogP contribution is 2.38. The molecule has 2 heteroatoms. The maximum atomic E-state index is 6.31. The molecule has 0 radical (unpaired) electrons. The molecule has 37 heavy (non-hydrogen) atoms. The van der Waals surface area contributed by atoms with Crippen molar-refractivity contribution in [3.8, 4) is 0 Å². The summed E-state index contributed by atoms with van der Waals surface area (Å²) < 4.78 is 6.31.